The van der Waals surface area contributed by atoms with Gasteiger partial charge in [-0.15, -0.1) is 0 Å². The molecular weight excluding hydrogens is 346 g/mol. The van der Waals surface area contributed by atoms with Crippen molar-refractivity contribution in [2.45, 2.75) is 45.0 Å². The Labute approximate surface area is 159 Å². The first kappa shape index (κ1) is 19.6. The van der Waals surface area contributed by atoms with Gasteiger partial charge in [-0.3, -0.25) is 0 Å². The molecule has 2 aromatic carbocycles. The van der Waals surface area contributed by atoms with Crippen molar-refractivity contribution in [3.8, 4) is 0 Å². The zero-order valence-corrected chi connectivity index (χ0v) is 15.9. The van der Waals surface area contributed by atoms with E-state index in [-0.39, 0.29) is 0 Å². The van der Waals surface area contributed by atoms with Gasteiger partial charge in [0.25, 0.3) is 0 Å². The molecule has 0 radical (unpaired) electrons. The van der Waals surface area contributed by atoms with E-state index in [1.165, 1.54) is 21.9 Å². The van der Waals surface area contributed by atoms with Gasteiger partial charge in [0.1, 0.15) is 0 Å². The minimum Gasteiger partial charge on any atom is -0.465 e. The summed E-state index contributed by atoms with van der Waals surface area (Å²) in [6, 6.07) is 11.0. The summed E-state index contributed by atoms with van der Waals surface area (Å²) < 4.78 is 17.9. The third-order valence-electron chi connectivity index (χ3n) is 5.04. The predicted octanol–water partition coefficient (Wildman–Crippen LogP) is 3.58. The number of nitrogens with two attached hydrogens (primary N) is 1. The van der Waals surface area contributed by atoms with Crippen molar-refractivity contribution < 1.29 is 24.1 Å². The number of ether oxygens (including phenoxy) is 3. The second-order valence-corrected chi connectivity index (χ2v) is 6.93. The molecule has 1 atom stereocenters. The van der Waals surface area contributed by atoms with Crippen LogP contribution in [-0.4, -0.2) is 37.1 Å². The Kier molecular flexibility index (Phi) is 5.99. The van der Waals surface area contributed by atoms with E-state index in [1.807, 2.05) is 6.92 Å². The maximum Gasteiger partial charge on any atom is 0.402 e. The number of amides is 1. The summed E-state index contributed by atoms with van der Waals surface area (Å²) in [5, 5.41) is 9.83. The van der Waals surface area contributed by atoms with Crippen LogP contribution in [0.1, 0.15) is 37.0 Å². The standard InChI is InChI=1S/C20H24O3.CH3NO2/c1-3-21-16-12-14-6-4-7-17-18(9-8-15(13-16)19(14)17)20(2)22-10-5-11-23-20;2-1(3)4/h4,6-9,16H,3,5,10-13H2,1-2H3;2H2,(H,3,4). The van der Waals surface area contributed by atoms with Crippen molar-refractivity contribution in [3.05, 3.63) is 47.0 Å². The smallest absolute Gasteiger partial charge is 0.402 e. The molecule has 0 bridgehead atoms. The van der Waals surface area contributed by atoms with Gasteiger partial charge in [0.2, 0.25) is 0 Å². The van der Waals surface area contributed by atoms with E-state index in [0.717, 1.165) is 44.6 Å². The largest absolute Gasteiger partial charge is 0.465 e. The molecule has 1 aliphatic carbocycles. The topological polar surface area (TPSA) is 91.0 Å². The van der Waals surface area contributed by atoms with Gasteiger partial charge >= 0.3 is 6.09 Å². The highest BCUT2D eigenvalue weighted by Gasteiger charge is 2.34. The summed E-state index contributed by atoms with van der Waals surface area (Å²) in [5.41, 5.74) is 7.93. The van der Waals surface area contributed by atoms with Crippen LogP contribution in [0.4, 0.5) is 4.79 Å². The van der Waals surface area contributed by atoms with Crippen LogP contribution in [0.15, 0.2) is 30.3 Å². The molecule has 0 aromatic heterocycles. The molecule has 6 heteroatoms. The minimum atomic E-state index is -1.33. The van der Waals surface area contributed by atoms with E-state index in [9.17, 15) is 0 Å². The average molecular weight is 373 g/mol. The molecule has 1 amide bonds. The molecule has 1 saturated heterocycles. The molecule has 1 fully saturated rings. The Bertz CT molecular complexity index is 797. The third kappa shape index (κ3) is 4.24. The van der Waals surface area contributed by atoms with Gasteiger partial charge < -0.3 is 25.1 Å². The molecule has 0 spiro atoms. The number of benzene rings is 2. The lowest BCUT2D eigenvalue weighted by Crippen LogP contribution is -2.35. The molecule has 6 nitrogen and oxygen atoms in total. The molecule has 146 valence electrons. The summed E-state index contributed by atoms with van der Waals surface area (Å²) >= 11 is 0. The summed E-state index contributed by atoms with van der Waals surface area (Å²) in [5.74, 6) is -0.633. The quantitative estimate of drug-likeness (QED) is 0.858. The maximum absolute atomic E-state index is 8.78. The van der Waals surface area contributed by atoms with E-state index in [2.05, 4.69) is 43.0 Å². The van der Waals surface area contributed by atoms with E-state index in [1.54, 1.807) is 0 Å². The second-order valence-electron chi connectivity index (χ2n) is 6.93. The fraction of sp³-hybridized carbons (Fsp3) is 0.476. The van der Waals surface area contributed by atoms with E-state index in [4.69, 9.17) is 24.1 Å². The highest BCUT2D eigenvalue weighted by Crippen LogP contribution is 2.39. The molecule has 1 heterocycles. The van der Waals surface area contributed by atoms with Crippen LogP contribution in [0.3, 0.4) is 0 Å². The maximum atomic E-state index is 8.78. The van der Waals surface area contributed by atoms with E-state index < -0.39 is 11.9 Å². The number of carboxylic acid groups (broad SMARTS) is 1. The van der Waals surface area contributed by atoms with Crippen molar-refractivity contribution in [2.75, 3.05) is 19.8 Å². The highest BCUT2D eigenvalue weighted by atomic mass is 16.7. The van der Waals surface area contributed by atoms with Gasteiger partial charge in [-0.1, -0.05) is 30.3 Å². The van der Waals surface area contributed by atoms with Crippen LogP contribution in [0.5, 0.6) is 0 Å². The number of carbonyl (C=O) groups is 1. The normalized spacial score (nSPS) is 20.6. The van der Waals surface area contributed by atoms with Gasteiger partial charge in [0.05, 0.1) is 19.3 Å². The fourth-order valence-electron chi connectivity index (χ4n) is 4.00. The molecular formula is C21H27NO5. The van der Waals surface area contributed by atoms with Crippen LogP contribution in [0, 0.1) is 0 Å². The van der Waals surface area contributed by atoms with Gasteiger partial charge in [-0.2, -0.15) is 0 Å². The Hall–Kier alpha value is -2.15. The van der Waals surface area contributed by atoms with E-state index in [0.29, 0.717) is 6.10 Å². The second kappa shape index (κ2) is 8.25. The molecule has 2 aromatic rings. The number of hydrogen-bond acceptors (Lipinski definition) is 4. The lowest BCUT2D eigenvalue weighted by Gasteiger charge is -2.36. The predicted molar refractivity (Wildman–Crippen MR) is 103 cm³/mol. The SMILES string of the molecule is CCOC1Cc2cccc3c(C4(C)OCCCO4)ccc(c23)C1.NC(=O)O. The highest BCUT2D eigenvalue weighted by molar-refractivity contribution is 5.92. The zero-order chi connectivity index (χ0) is 19.4. The summed E-state index contributed by atoms with van der Waals surface area (Å²) in [6.45, 7) is 6.39. The fourth-order valence-corrected chi connectivity index (χ4v) is 4.00. The number of primary amides is 1. The van der Waals surface area contributed by atoms with Crippen LogP contribution in [0.2, 0.25) is 0 Å². The van der Waals surface area contributed by atoms with Gasteiger partial charge in [-0.25, -0.2) is 4.79 Å². The molecule has 1 aliphatic heterocycles. The summed E-state index contributed by atoms with van der Waals surface area (Å²) in [4.78, 5) is 8.78. The van der Waals surface area contributed by atoms with Crippen molar-refractivity contribution >= 4 is 16.9 Å². The molecule has 0 saturated carbocycles. The molecule has 1 unspecified atom stereocenters. The molecule has 4 rings (SSSR count). The third-order valence-corrected chi connectivity index (χ3v) is 5.04. The summed E-state index contributed by atoms with van der Waals surface area (Å²) in [6.07, 6.45) is 1.90. The first-order valence-corrected chi connectivity index (χ1v) is 9.36. The van der Waals surface area contributed by atoms with Crippen LogP contribution >= 0.6 is 0 Å². The number of rotatable bonds is 3. The van der Waals surface area contributed by atoms with Crippen LogP contribution in [0.25, 0.3) is 10.8 Å². The van der Waals surface area contributed by atoms with Crippen molar-refractivity contribution in [1.82, 2.24) is 0 Å². The van der Waals surface area contributed by atoms with Gasteiger partial charge in [0.15, 0.2) is 5.79 Å². The Morgan fingerprint density at radius 1 is 1.22 bits per heavy atom. The lowest BCUT2D eigenvalue weighted by atomic mass is 9.84. The minimum absolute atomic E-state index is 0.293. The monoisotopic (exact) mass is 373 g/mol. The van der Waals surface area contributed by atoms with Crippen LogP contribution < -0.4 is 5.73 Å². The zero-order valence-electron chi connectivity index (χ0n) is 15.9. The Morgan fingerprint density at radius 2 is 1.85 bits per heavy atom. The van der Waals surface area contributed by atoms with E-state index >= 15 is 0 Å². The Morgan fingerprint density at radius 3 is 2.48 bits per heavy atom. The van der Waals surface area contributed by atoms with Crippen molar-refractivity contribution in [1.29, 1.82) is 0 Å². The molecule has 2 aliphatic rings. The summed E-state index contributed by atoms with van der Waals surface area (Å²) in [7, 11) is 0. The van der Waals surface area contributed by atoms with Crippen LogP contribution in [-0.2, 0) is 32.8 Å². The van der Waals surface area contributed by atoms with Crippen molar-refractivity contribution in [2.24, 2.45) is 5.73 Å². The first-order chi connectivity index (χ1) is 12.9. The Balaban J connectivity index is 0.000000481. The average Bonchev–Trinajstić information content (AvgIpc) is 2.62. The molecule has 27 heavy (non-hydrogen) atoms. The lowest BCUT2D eigenvalue weighted by molar-refractivity contribution is -0.264. The molecule has 3 N–H and O–H groups in total. The van der Waals surface area contributed by atoms with Crippen molar-refractivity contribution in [3.63, 3.8) is 0 Å². The van der Waals surface area contributed by atoms with Gasteiger partial charge in [0, 0.05) is 12.2 Å². The van der Waals surface area contributed by atoms with Gasteiger partial charge in [-0.05, 0) is 55.0 Å². The first-order valence-electron chi connectivity index (χ1n) is 9.36. The number of hydrogen-bond donors (Lipinski definition) is 2.